The van der Waals surface area contributed by atoms with Gasteiger partial charge in [0.1, 0.15) is 5.76 Å². The average Bonchev–Trinajstić information content (AvgIpc) is 3.33. The maximum absolute atomic E-state index is 5.75. The molecule has 4 heterocycles. The number of aryl methyl sites for hydroxylation is 1. The number of rotatable bonds is 6. The fraction of sp³-hybridized carbons (Fsp3) is 0.421. The number of oxazole rings is 1. The zero-order valence-corrected chi connectivity index (χ0v) is 15.6. The number of aromatic nitrogens is 3. The van der Waals surface area contributed by atoms with Crippen LogP contribution in [0.3, 0.4) is 0 Å². The number of furan rings is 1. The second-order valence-corrected chi connectivity index (χ2v) is 6.39. The summed E-state index contributed by atoms with van der Waals surface area (Å²) in [5.41, 5.74) is 0.949. The van der Waals surface area contributed by atoms with Gasteiger partial charge >= 0.3 is 0 Å². The molecule has 0 spiro atoms. The molecule has 0 saturated carbocycles. The van der Waals surface area contributed by atoms with E-state index in [1.165, 1.54) is 0 Å². The molecule has 0 amide bonds. The molecule has 1 fully saturated rings. The highest BCUT2D eigenvalue weighted by molar-refractivity contribution is 5.44. The third kappa shape index (κ3) is 3.95. The summed E-state index contributed by atoms with van der Waals surface area (Å²) in [5.74, 6) is 3.36. The number of hydrogen-bond donors (Lipinski definition) is 0. The van der Waals surface area contributed by atoms with Gasteiger partial charge in [-0.25, -0.2) is 9.97 Å². The van der Waals surface area contributed by atoms with Gasteiger partial charge in [0.05, 0.1) is 18.6 Å². The van der Waals surface area contributed by atoms with E-state index in [0.29, 0.717) is 24.1 Å². The molecule has 3 aromatic rings. The van der Waals surface area contributed by atoms with Crippen LogP contribution in [-0.4, -0.2) is 52.6 Å². The number of piperazine rings is 1. The molecule has 1 aliphatic heterocycles. The van der Waals surface area contributed by atoms with Gasteiger partial charge in [-0.2, -0.15) is 4.98 Å². The summed E-state index contributed by atoms with van der Waals surface area (Å²) in [4.78, 5) is 18.0. The highest BCUT2D eigenvalue weighted by Gasteiger charge is 2.22. The van der Waals surface area contributed by atoms with E-state index < -0.39 is 0 Å². The van der Waals surface area contributed by atoms with Crippen molar-refractivity contribution in [3.05, 3.63) is 42.1 Å². The van der Waals surface area contributed by atoms with Gasteiger partial charge in [0.25, 0.3) is 5.89 Å². The van der Waals surface area contributed by atoms with Gasteiger partial charge in [0.2, 0.25) is 11.8 Å². The van der Waals surface area contributed by atoms with Crippen molar-refractivity contribution in [2.75, 3.05) is 37.7 Å². The van der Waals surface area contributed by atoms with E-state index >= 15 is 0 Å². The van der Waals surface area contributed by atoms with Crippen molar-refractivity contribution in [1.29, 1.82) is 0 Å². The minimum Gasteiger partial charge on any atom is -0.478 e. The Balaban J connectivity index is 1.37. The highest BCUT2D eigenvalue weighted by atomic mass is 16.5. The molecular formula is C19H23N5O3. The third-order valence-corrected chi connectivity index (χ3v) is 4.56. The molecule has 0 aromatic carbocycles. The molecular weight excluding hydrogens is 346 g/mol. The van der Waals surface area contributed by atoms with E-state index in [1.54, 1.807) is 18.5 Å². The summed E-state index contributed by atoms with van der Waals surface area (Å²) in [5, 5.41) is 0. The number of nitrogens with zero attached hydrogens (tertiary/aromatic N) is 5. The molecule has 3 aromatic heterocycles. The van der Waals surface area contributed by atoms with Crippen molar-refractivity contribution in [3.63, 3.8) is 0 Å². The normalized spacial score (nSPS) is 15.3. The Morgan fingerprint density at radius 1 is 1.15 bits per heavy atom. The predicted molar refractivity (Wildman–Crippen MR) is 99.6 cm³/mol. The van der Waals surface area contributed by atoms with Crippen molar-refractivity contribution < 1.29 is 13.6 Å². The monoisotopic (exact) mass is 369 g/mol. The minimum atomic E-state index is 0.535. The van der Waals surface area contributed by atoms with Gasteiger partial charge < -0.3 is 18.5 Å². The molecule has 27 heavy (non-hydrogen) atoms. The zero-order valence-electron chi connectivity index (χ0n) is 15.6. The first-order chi connectivity index (χ1) is 13.2. The second-order valence-electron chi connectivity index (χ2n) is 6.39. The van der Waals surface area contributed by atoms with Crippen LogP contribution in [0.5, 0.6) is 5.88 Å². The third-order valence-electron chi connectivity index (χ3n) is 4.56. The first-order valence-corrected chi connectivity index (χ1v) is 9.16. The van der Waals surface area contributed by atoms with Crippen LogP contribution in [0.15, 0.2) is 39.5 Å². The molecule has 0 atom stereocenters. The maximum atomic E-state index is 5.75. The zero-order chi connectivity index (χ0) is 18.6. The first kappa shape index (κ1) is 17.5. The summed E-state index contributed by atoms with van der Waals surface area (Å²) in [6.45, 7) is 8.77. The van der Waals surface area contributed by atoms with Crippen LogP contribution < -0.4 is 9.64 Å². The largest absolute Gasteiger partial charge is 0.478 e. The molecule has 0 N–H and O–H groups in total. The molecule has 0 aliphatic carbocycles. The van der Waals surface area contributed by atoms with Gasteiger partial charge in [-0.05, 0) is 26.0 Å². The molecule has 8 nitrogen and oxygen atoms in total. The first-order valence-electron chi connectivity index (χ1n) is 9.16. The SMILES string of the molecule is CCOc1ccnc(N2CCN(Cc3nc(-c4ccco4)oc3C)CC2)n1. The summed E-state index contributed by atoms with van der Waals surface area (Å²) in [6, 6.07) is 5.47. The summed E-state index contributed by atoms with van der Waals surface area (Å²) in [6.07, 6.45) is 3.37. The van der Waals surface area contributed by atoms with Gasteiger partial charge in [0.15, 0.2) is 5.76 Å². The van der Waals surface area contributed by atoms with Crippen molar-refractivity contribution in [2.45, 2.75) is 20.4 Å². The van der Waals surface area contributed by atoms with E-state index in [4.69, 9.17) is 13.6 Å². The molecule has 1 aliphatic rings. The second kappa shape index (κ2) is 7.79. The lowest BCUT2D eigenvalue weighted by Crippen LogP contribution is -2.46. The number of ether oxygens (including phenoxy) is 1. The van der Waals surface area contributed by atoms with Gasteiger partial charge in [-0.1, -0.05) is 0 Å². The number of hydrogen-bond acceptors (Lipinski definition) is 8. The molecule has 142 valence electrons. The predicted octanol–water partition coefficient (Wildman–Crippen LogP) is 2.75. The fourth-order valence-corrected chi connectivity index (χ4v) is 3.11. The van der Waals surface area contributed by atoms with E-state index in [1.807, 2.05) is 26.0 Å². The highest BCUT2D eigenvalue weighted by Crippen LogP contribution is 2.23. The number of anilines is 1. The van der Waals surface area contributed by atoms with Crippen LogP contribution >= 0.6 is 0 Å². The van der Waals surface area contributed by atoms with Crippen LogP contribution in [0, 0.1) is 6.92 Å². The topological polar surface area (TPSA) is 80.7 Å². The van der Waals surface area contributed by atoms with E-state index in [-0.39, 0.29) is 0 Å². The molecule has 1 saturated heterocycles. The van der Waals surface area contributed by atoms with Crippen LogP contribution in [0.25, 0.3) is 11.7 Å². The quantitative estimate of drug-likeness (QED) is 0.656. The maximum Gasteiger partial charge on any atom is 0.263 e. The smallest absolute Gasteiger partial charge is 0.263 e. The molecule has 8 heteroatoms. The Hall–Kier alpha value is -2.87. The van der Waals surface area contributed by atoms with E-state index in [0.717, 1.165) is 50.1 Å². The van der Waals surface area contributed by atoms with Gasteiger partial charge in [-0.3, -0.25) is 4.90 Å². The molecule has 0 radical (unpaired) electrons. The summed E-state index contributed by atoms with van der Waals surface area (Å²) < 4.78 is 16.6. The van der Waals surface area contributed by atoms with Crippen LogP contribution in [0.2, 0.25) is 0 Å². The fourth-order valence-electron chi connectivity index (χ4n) is 3.11. The Kier molecular flexibility index (Phi) is 5.06. The molecule has 0 unspecified atom stereocenters. The Labute approximate surface area is 157 Å². The van der Waals surface area contributed by atoms with Crippen molar-refractivity contribution in [1.82, 2.24) is 19.9 Å². The lowest BCUT2D eigenvalue weighted by atomic mass is 10.3. The lowest BCUT2D eigenvalue weighted by molar-refractivity contribution is 0.244. The standard InChI is InChI=1S/C19H23N5O3/c1-3-25-17-6-7-20-19(22-17)24-10-8-23(9-11-24)13-15-14(2)27-18(21-15)16-5-4-12-26-16/h4-7,12H,3,8-11,13H2,1-2H3. The molecule has 4 rings (SSSR count). The van der Waals surface area contributed by atoms with E-state index in [2.05, 4.69) is 24.8 Å². The lowest BCUT2D eigenvalue weighted by Gasteiger charge is -2.34. The minimum absolute atomic E-state index is 0.535. The van der Waals surface area contributed by atoms with Gasteiger partial charge in [0, 0.05) is 45.0 Å². The average molecular weight is 369 g/mol. The Morgan fingerprint density at radius 2 is 2.00 bits per heavy atom. The van der Waals surface area contributed by atoms with Gasteiger partial charge in [-0.15, -0.1) is 0 Å². The van der Waals surface area contributed by atoms with Crippen molar-refractivity contribution in [2.24, 2.45) is 0 Å². The molecule has 0 bridgehead atoms. The Bertz CT molecular complexity index is 869. The Morgan fingerprint density at radius 3 is 2.74 bits per heavy atom. The summed E-state index contributed by atoms with van der Waals surface area (Å²) in [7, 11) is 0. The van der Waals surface area contributed by atoms with Crippen LogP contribution in [0.4, 0.5) is 5.95 Å². The summed E-state index contributed by atoms with van der Waals surface area (Å²) >= 11 is 0. The van der Waals surface area contributed by atoms with Crippen LogP contribution in [0.1, 0.15) is 18.4 Å². The van der Waals surface area contributed by atoms with E-state index in [9.17, 15) is 0 Å². The van der Waals surface area contributed by atoms with Crippen molar-refractivity contribution in [3.8, 4) is 17.5 Å². The van der Waals surface area contributed by atoms with Crippen molar-refractivity contribution >= 4 is 5.95 Å². The van der Waals surface area contributed by atoms with Crippen LogP contribution in [-0.2, 0) is 6.54 Å².